The molecule has 0 saturated heterocycles. The molecule has 110 valence electrons. The molecule has 2 unspecified atom stereocenters. The molecular formula is C12H14ClNO5S. The van der Waals surface area contributed by atoms with E-state index in [-0.39, 0.29) is 16.0 Å². The van der Waals surface area contributed by atoms with Crippen LogP contribution in [0.1, 0.15) is 19.4 Å². The fourth-order valence-corrected chi connectivity index (χ4v) is 3.59. The van der Waals surface area contributed by atoms with Crippen molar-refractivity contribution in [2.45, 2.75) is 37.3 Å². The second kappa shape index (κ2) is 5.23. The van der Waals surface area contributed by atoms with Crippen molar-refractivity contribution in [3.63, 3.8) is 0 Å². The molecule has 1 aliphatic rings. The van der Waals surface area contributed by atoms with Crippen molar-refractivity contribution in [2.24, 2.45) is 0 Å². The number of sulfonamides is 1. The second-order valence-corrected chi connectivity index (χ2v) is 6.83. The van der Waals surface area contributed by atoms with E-state index in [4.69, 9.17) is 21.4 Å². The van der Waals surface area contributed by atoms with Crippen molar-refractivity contribution < 1.29 is 23.1 Å². The average Bonchev–Trinajstić information content (AvgIpc) is 2.69. The Hall–Kier alpha value is -1.31. The summed E-state index contributed by atoms with van der Waals surface area (Å²) in [5.74, 6) is -0.762. The van der Waals surface area contributed by atoms with Gasteiger partial charge in [-0.25, -0.2) is 8.42 Å². The highest BCUT2D eigenvalue weighted by atomic mass is 35.5. The van der Waals surface area contributed by atoms with Crippen LogP contribution in [0.3, 0.4) is 0 Å². The maximum Gasteiger partial charge on any atom is 0.321 e. The number of nitrogens with one attached hydrogen (secondary N) is 1. The largest absolute Gasteiger partial charge is 0.489 e. The standard InChI is InChI=1S/C12H14ClNO5S/c1-6-3-8-4-9(5-10(13)11(8)19-6)20(17,18)14-7(2)12(15)16/h4-7,14H,3H2,1-2H3,(H,15,16). The summed E-state index contributed by atoms with van der Waals surface area (Å²) in [7, 11) is -3.94. The highest BCUT2D eigenvalue weighted by molar-refractivity contribution is 7.89. The number of hydrogen-bond donors (Lipinski definition) is 2. The Morgan fingerprint density at radius 2 is 2.20 bits per heavy atom. The smallest absolute Gasteiger partial charge is 0.321 e. The molecule has 0 amide bonds. The van der Waals surface area contributed by atoms with Gasteiger partial charge in [0.1, 0.15) is 17.9 Å². The summed E-state index contributed by atoms with van der Waals surface area (Å²) < 4.78 is 31.8. The lowest BCUT2D eigenvalue weighted by Crippen LogP contribution is -2.38. The first-order valence-corrected chi connectivity index (χ1v) is 7.81. The van der Waals surface area contributed by atoms with Gasteiger partial charge < -0.3 is 9.84 Å². The molecule has 20 heavy (non-hydrogen) atoms. The van der Waals surface area contributed by atoms with Gasteiger partial charge in [-0.3, -0.25) is 4.79 Å². The Morgan fingerprint density at radius 1 is 1.55 bits per heavy atom. The van der Waals surface area contributed by atoms with Crippen molar-refractivity contribution in [1.29, 1.82) is 0 Å². The zero-order valence-electron chi connectivity index (χ0n) is 10.9. The molecule has 0 spiro atoms. The van der Waals surface area contributed by atoms with Crippen LogP contribution in [0.25, 0.3) is 0 Å². The molecule has 2 N–H and O–H groups in total. The third-order valence-corrected chi connectivity index (χ3v) is 4.73. The number of benzene rings is 1. The zero-order chi connectivity index (χ0) is 15.1. The Labute approximate surface area is 121 Å². The van der Waals surface area contributed by atoms with Crippen LogP contribution in [0.4, 0.5) is 0 Å². The number of hydrogen-bond acceptors (Lipinski definition) is 4. The summed E-state index contributed by atoms with van der Waals surface area (Å²) in [5, 5.41) is 8.97. The van der Waals surface area contributed by atoms with Crippen molar-refractivity contribution in [3.8, 4) is 5.75 Å². The lowest BCUT2D eigenvalue weighted by atomic mass is 10.1. The van der Waals surface area contributed by atoms with Crippen LogP contribution >= 0.6 is 11.6 Å². The van der Waals surface area contributed by atoms with Crippen LogP contribution < -0.4 is 9.46 Å². The summed E-state index contributed by atoms with van der Waals surface area (Å²) in [6.45, 7) is 3.11. The number of aliphatic carboxylic acids is 1. The summed E-state index contributed by atoms with van der Waals surface area (Å²) in [4.78, 5) is 10.7. The van der Waals surface area contributed by atoms with Gasteiger partial charge in [-0.1, -0.05) is 11.6 Å². The number of carboxylic acids is 1. The van der Waals surface area contributed by atoms with Crippen LogP contribution in [0.2, 0.25) is 5.02 Å². The van der Waals surface area contributed by atoms with Gasteiger partial charge in [-0.15, -0.1) is 0 Å². The van der Waals surface area contributed by atoms with Crippen LogP contribution in [-0.4, -0.2) is 31.6 Å². The summed E-state index contributed by atoms with van der Waals surface area (Å²) in [6, 6.07) is 1.50. The first-order chi connectivity index (χ1) is 9.20. The number of halogens is 1. The molecule has 0 aliphatic carbocycles. The van der Waals surface area contributed by atoms with Gasteiger partial charge in [-0.05, 0) is 26.0 Å². The van der Waals surface area contributed by atoms with Crippen molar-refractivity contribution in [3.05, 3.63) is 22.7 Å². The van der Waals surface area contributed by atoms with E-state index in [2.05, 4.69) is 4.72 Å². The number of carboxylic acid groups (broad SMARTS) is 1. The maximum absolute atomic E-state index is 12.1. The third-order valence-electron chi connectivity index (χ3n) is 2.93. The molecule has 6 nitrogen and oxygen atoms in total. The molecule has 0 fully saturated rings. The van der Waals surface area contributed by atoms with Crippen LogP contribution in [0, 0.1) is 0 Å². The highest BCUT2D eigenvalue weighted by Crippen LogP contribution is 2.37. The van der Waals surface area contributed by atoms with Gasteiger partial charge in [-0.2, -0.15) is 4.72 Å². The van der Waals surface area contributed by atoms with Crippen LogP contribution in [-0.2, 0) is 21.2 Å². The summed E-state index contributed by atoms with van der Waals surface area (Å²) in [6.07, 6.45) is 0.499. The minimum absolute atomic E-state index is 0.0629. The molecule has 0 aromatic heterocycles. The number of fused-ring (bicyclic) bond motifs is 1. The van der Waals surface area contributed by atoms with E-state index in [0.717, 1.165) is 0 Å². The fourth-order valence-electron chi connectivity index (χ4n) is 1.97. The van der Waals surface area contributed by atoms with E-state index >= 15 is 0 Å². The summed E-state index contributed by atoms with van der Waals surface area (Å²) >= 11 is 6.01. The van der Waals surface area contributed by atoms with E-state index < -0.39 is 22.0 Å². The quantitative estimate of drug-likeness (QED) is 0.875. The number of carbonyl (C=O) groups is 1. The fraction of sp³-hybridized carbons (Fsp3) is 0.417. The van der Waals surface area contributed by atoms with Gasteiger partial charge in [0, 0.05) is 12.0 Å². The topological polar surface area (TPSA) is 92.7 Å². The van der Waals surface area contributed by atoms with E-state index in [0.29, 0.717) is 17.7 Å². The first kappa shape index (κ1) is 15.1. The highest BCUT2D eigenvalue weighted by Gasteiger charge is 2.27. The first-order valence-electron chi connectivity index (χ1n) is 5.95. The molecule has 2 rings (SSSR count). The Morgan fingerprint density at radius 3 is 2.80 bits per heavy atom. The van der Waals surface area contributed by atoms with Gasteiger partial charge in [0.05, 0.1) is 9.92 Å². The lowest BCUT2D eigenvalue weighted by molar-refractivity contribution is -0.138. The predicted molar refractivity (Wildman–Crippen MR) is 72.7 cm³/mol. The zero-order valence-corrected chi connectivity index (χ0v) is 12.5. The van der Waals surface area contributed by atoms with Crippen LogP contribution in [0.5, 0.6) is 5.75 Å². The minimum atomic E-state index is -3.94. The van der Waals surface area contributed by atoms with Crippen LogP contribution in [0.15, 0.2) is 17.0 Å². The SMILES string of the molecule is CC1Cc2cc(S(=O)(=O)NC(C)C(=O)O)cc(Cl)c2O1. The molecule has 1 aromatic carbocycles. The lowest BCUT2D eigenvalue weighted by Gasteiger charge is -2.12. The van der Waals surface area contributed by atoms with Gasteiger partial charge in [0.2, 0.25) is 10.0 Å². The molecule has 2 atom stereocenters. The van der Waals surface area contributed by atoms with E-state index in [9.17, 15) is 13.2 Å². The molecular weight excluding hydrogens is 306 g/mol. The molecule has 0 saturated carbocycles. The van der Waals surface area contributed by atoms with E-state index in [1.165, 1.54) is 19.1 Å². The van der Waals surface area contributed by atoms with Gasteiger partial charge in [0.25, 0.3) is 0 Å². The molecule has 8 heteroatoms. The summed E-state index contributed by atoms with van der Waals surface area (Å²) in [5.41, 5.74) is 0.702. The molecule has 0 radical (unpaired) electrons. The number of ether oxygens (including phenoxy) is 1. The molecule has 1 aromatic rings. The molecule has 1 heterocycles. The van der Waals surface area contributed by atoms with E-state index in [1.54, 1.807) is 0 Å². The van der Waals surface area contributed by atoms with Crippen molar-refractivity contribution in [1.82, 2.24) is 4.72 Å². The molecule has 0 bridgehead atoms. The number of rotatable bonds is 4. The molecule has 1 aliphatic heterocycles. The van der Waals surface area contributed by atoms with Crippen molar-refractivity contribution in [2.75, 3.05) is 0 Å². The normalized spacial score (nSPS) is 19.2. The Bertz CT molecular complexity index is 658. The second-order valence-electron chi connectivity index (χ2n) is 4.71. The average molecular weight is 320 g/mol. The Kier molecular flexibility index (Phi) is 3.95. The van der Waals surface area contributed by atoms with E-state index in [1.807, 2.05) is 6.92 Å². The van der Waals surface area contributed by atoms with Crippen molar-refractivity contribution >= 4 is 27.6 Å². The maximum atomic E-state index is 12.1. The van der Waals surface area contributed by atoms with Gasteiger partial charge >= 0.3 is 5.97 Å². The predicted octanol–water partition coefficient (Wildman–Crippen LogP) is 1.41. The monoisotopic (exact) mass is 319 g/mol. The Balaban J connectivity index is 2.37. The van der Waals surface area contributed by atoms with Gasteiger partial charge in [0.15, 0.2) is 0 Å². The third kappa shape index (κ3) is 2.89. The minimum Gasteiger partial charge on any atom is -0.489 e.